The highest BCUT2D eigenvalue weighted by Crippen LogP contribution is 2.36. The fraction of sp³-hybridized carbons (Fsp3) is 0.917. The Morgan fingerprint density at radius 1 is 1.29 bits per heavy atom. The molecule has 0 bridgehead atoms. The summed E-state index contributed by atoms with van der Waals surface area (Å²) >= 11 is 0. The summed E-state index contributed by atoms with van der Waals surface area (Å²) in [7, 11) is 0. The van der Waals surface area contributed by atoms with Crippen molar-refractivity contribution in [1.29, 1.82) is 0 Å². The van der Waals surface area contributed by atoms with E-state index < -0.39 is 6.10 Å². The smallest absolute Gasteiger partial charge is 0.142 e. The predicted molar refractivity (Wildman–Crippen MR) is 56.9 cm³/mol. The van der Waals surface area contributed by atoms with E-state index in [1.807, 2.05) is 0 Å². The highest BCUT2D eigenvalue weighted by atomic mass is 16.3. The number of rotatable bonds is 2. The van der Waals surface area contributed by atoms with E-state index in [4.69, 9.17) is 0 Å². The lowest BCUT2D eigenvalue weighted by atomic mass is 9.68. The Bertz CT molecular complexity index is 208. The molecular weight excluding hydrogens is 176 g/mol. The molecule has 0 radical (unpaired) electrons. The molecule has 2 nitrogen and oxygen atoms in total. The van der Waals surface area contributed by atoms with Crippen molar-refractivity contribution < 1.29 is 9.90 Å². The summed E-state index contributed by atoms with van der Waals surface area (Å²) in [5.41, 5.74) is 0. The lowest BCUT2D eigenvalue weighted by molar-refractivity contribution is -0.137. The summed E-state index contributed by atoms with van der Waals surface area (Å²) < 4.78 is 0. The number of aliphatic hydroxyl groups excluding tert-OH is 1. The molecule has 14 heavy (non-hydrogen) atoms. The first-order valence-corrected chi connectivity index (χ1v) is 5.67. The summed E-state index contributed by atoms with van der Waals surface area (Å²) in [5.74, 6) is 1.09. The fourth-order valence-electron chi connectivity index (χ4n) is 2.67. The maximum atomic E-state index is 12.1. The van der Waals surface area contributed by atoms with Crippen molar-refractivity contribution >= 4 is 5.78 Å². The van der Waals surface area contributed by atoms with Gasteiger partial charge in [-0.2, -0.15) is 0 Å². The van der Waals surface area contributed by atoms with Crippen molar-refractivity contribution in [2.24, 2.45) is 23.7 Å². The van der Waals surface area contributed by atoms with Gasteiger partial charge in [0.15, 0.2) is 0 Å². The van der Waals surface area contributed by atoms with Gasteiger partial charge in [-0.3, -0.25) is 4.79 Å². The number of hydrogen-bond donors (Lipinski definition) is 1. The minimum Gasteiger partial charge on any atom is -0.393 e. The molecule has 0 unspecified atom stereocenters. The van der Waals surface area contributed by atoms with E-state index in [-0.39, 0.29) is 17.6 Å². The quantitative estimate of drug-likeness (QED) is 0.739. The van der Waals surface area contributed by atoms with Crippen LogP contribution in [0.1, 0.15) is 40.5 Å². The second-order valence-corrected chi connectivity index (χ2v) is 5.07. The van der Waals surface area contributed by atoms with Gasteiger partial charge < -0.3 is 5.11 Å². The SMILES string of the molecule is CC(C)[C@H]1CC[C@@H](C)[C@H]([C@H](C)O)C1=O. The molecule has 1 saturated carbocycles. The summed E-state index contributed by atoms with van der Waals surface area (Å²) in [5, 5.41) is 9.60. The highest BCUT2D eigenvalue weighted by Gasteiger charge is 2.39. The van der Waals surface area contributed by atoms with Crippen LogP contribution >= 0.6 is 0 Å². The molecule has 0 aromatic carbocycles. The van der Waals surface area contributed by atoms with Gasteiger partial charge in [0.1, 0.15) is 5.78 Å². The average Bonchev–Trinajstić information content (AvgIpc) is 2.02. The first kappa shape index (κ1) is 11.7. The number of ketones is 1. The molecule has 0 heterocycles. The monoisotopic (exact) mass is 198 g/mol. The molecule has 0 amide bonds. The Morgan fingerprint density at radius 3 is 2.29 bits per heavy atom. The van der Waals surface area contributed by atoms with Crippen LogP contribution in [0.15, 0.2) is 0 Å². The average molecular weight is 198 g/mol. The lowest BCUT2D eigenvalue weighted by Gasteiger charge is -2.36. The van der Waals surface area contributed by atoms with Gasteiger partial charge in [0.2, 0.25) is 0 Å². The topological polar surface area (TPSA) is 37.3 Å². The van der Waals surface area contributed by atoms with Crippen LogP contribution in [0.3, 0.4) is 0 Å². The molecule has 0 spiro atoms. The van der Waals surface area contributed by atoms with Crippen LogP contribution in [0.25, 0.3) is 0 Å². The number of carbonyl (C=O) groups is 1. The lowest BCUT2D eigenvalue weighted by Crippen LogP contribution is -2.41. The second kappa shape index (κ2) is 4.43. The zero-order valence-corrected chi connectivity index (χ0v) is 9.66. The Kier molecular flexibility index (Phi) is 3.71. The van der Waals surface area contributed by atoms with Gasteiger partial charge in [-0.15, -0.1) is 0 Å². The predicted octanol–water partition coefficient (Wildman–Crippen LogP) is 2.25. The van der Waals surface area contributed by atoms with Crippen molar-refractivity contribution in [3.63, 3.8) is 0 Å². The molecule has 2 heteroatoms. The van der Waals surface area contributed by atoms with Crippen molar-refractivity contribution in [3.05, 3.63) is 0 Å². The number of carbonyl (C=O) groups excluding carboxylic acids is 1. The van der Waals surface area contributed by atoms with E-state index in [9.17, 15) is 9.90 Å². The summed E-state index contributed by atoms with van der Waals surface area (Å²) in [4.78, 5) is 12.1. The molecular formula is C12H22O2. The first-order chi connectivity index (χ1) is 6.45. The van der Waals surface area contributed by atoms with Crippen molar-refractivity contribution in [2.45, 2.75) is 46.6 Å². The third-order valence-corrected chi connectivity index (χ3v) is 3.56. The zero-order chi connectivity index (χ0) is 10.9. The molecule has 1 aliphatic carbocycles. The van der Waals surface area contributed by atoms with Gasteiger partial charge >= 0.3 is 0 Å². The van der Waals surface area contributed by atoms with Crippen LogP contribution < -0.4 is 0 Å². The van der Waals surface area contributed by atoms with E-state index in [1.165, 1.54) is 0 Å². The number of Topliss-reactive ketones (excluding diaryl/α,β-unsaturated/α-hetero) is 1. The Balaban J connectivity index is 2.77. The molecule has 1 aliphatic rings. The molecule has 0 saturated heterocycles. The summed E-state index contributed by atoms with van der Waals surface area (Å²) in [6.07, 6.45) is 1.59. The van der Waals surface area contributed by atoms with E-state index in [0.29, 0.717) is 11.8 Å². The standard InChI is InChI=1S/C12H22O2/c1-7(2)10-6-5-8(3)11(9(4)13)12(10)14/h7-11,13H,5-6H2,1-4H3/t8-,9+,10-,11-/m1/s1. The van der Waals surface area contributed by atoms with Crippen LogP contribution in [0, 0.1) is 23.7 Å². The number of hydrogen-bond acceptors (Lipinski definition) is 2. The summed E-state index contributed by atoms with van der Waals surface area (Å²) in [6.45, 7) is 8.00. The molecule has 0 aromatic rings. The van der Waals surface area contributed by atoms with Crippen LogP contribution in [-0.2, 0) is 4.79 Å². The maximum absolute atomic E-state index is 12.1. The third kappa shape index (κ3) is 2.17. The van der Waals surface area contributed by atoms with Gasteiger partial charge in [0.05, 0.1) is 6.10 Å². The molecule has 1 N–H and O–H groups in total. The van der Waals surface area contributed by atoms with Gasteiger partial charge in [-0.25, -0.2) is 0 Å². The highest BCUT2D eigenvalue weighted by molar-refractivity contribution is 5.85. The van der Waals surface area contributed by atoms with E-state index in [1.54, 1.807) is 6.92 Å². The van der Waals surface area contributed by atoms with Crippen molar-refractivity contribution in [1.82, 2.24) is 0 Å². The van der Waals surface area contributed by atoms with Gasteiger partial charge in [0.25, 0.3) is 0 Å². The van der Waals surface area contributed by atoms with E-state index in [0.717, 1.165) is 12.8 Å². The first-order valence-electron chi connectivity index (χ1n) is 5.67. The Morgan fingerprint density at radius 2 is 1.86 bits per heavy atom. The largest absolute Gasteiger partial charge is 0.393 e. The number of aliphatic hydroxyl groups is 1. The van der Waals surface area contributed by atoms with Crippen LogP contribution in [0.4, 0.5) is 0 Å². The molecule has 4 atom stereocenters. The maximum Gasteiger partial charge on any atom is 0.142 e. The third-order valence-electron chi connectivity index (χ3n) is 3.56. The second-order valence-electron chi connectivity index (χ2n) is 5.07. The van der Waals surface area contributed by atoms with Crippen LogP contribution in [-0.4, -0.2) is 17.0 Å². The molecule has 82 valence electrons. The zero-order valence-electron chi connectivity index (χ0n) is 9.66. The van der Waals surface area contributed by atoms with Crippen molar-refractivity contribution in [2.75, 3.05) is 0 Å². The van der Waals surface area contributed by atoms with E-state index in [2.05, 4.69) is 20.8 Å². The fourth-order valence-corrected chi connectivity index (χ4v) is 2.67. The van der Waals surface area contributed by atoms with Crippen LogP contribution in [0.2, 0.25) is 0 Å². The van der Waals surface area contributed by atoms with Crippen molar-refractivity contribution in [3.8, 4) is 0 Å². The van der Waals surface area contributed by atoms with Crippen LogP contribution in [0.5, 0.6) is 0 Å². The Hall–Kier alpha value is -0.370. The molecule has 1 rings (SSSR count). The van der Waals surface area contributed by atoms with Gasteiger partial charge in [-0.05, 0) is 31.6 Å². The summed E-state index contributed by atoms with van der Waals surface area (Å²) in [6, 6.07) is 0. The minimum absolute atomic E-state index is 0.129. The minimum atomic E-state index is -0.487. The van der Waals surface area contributed by atoms with Gasteiger partial charge in [0, 0.05) is 11.8 Å². The Labute approximate surface area is 86.7 Å². The van der Waals surface area contributed by atoms with E-state index >= 15 is 0 Å². The van der Waals surface area contributed by atoms with Gasteiger partial charge in [-0.1, -0.05) is 20.8 Å². The molecule has 1 fully saturated rings. The normalized spacial score (nSPS) is 36.1. The molecule has 0 aliphatic heterocycles. The molecule has 0 aromatic heterocycles.